The van der Waals surface area contributed by atoms with Crippen LogP contribution in [0.1, 0.15) is 44.1 Å². The predicted octanol–water partition coefficient (Wildman–Crippen LogP) is 3.49. The molecule has 3 aliphatic carbocycles. The Kier molecular flexibility index (Phi) is 2.01. The second-order valence-corrected chi connectivity index (χ2v) is 5.38. The zero-order valence-electron chi connectivity index (χ0n) is 9.21. The van der Waals surface area contributed by atoms with Crippen molar-refractivity contribution in [2.75, 3.05) is 5.73 Å². The Balaban J connectivity index is 1.94. The molecule has 0 amide bonds. The number of benzene rings is 1. The summed E-state index contributed by atoms with van der Waals surface area (Å²) >= 11 is 0. The van der Waals surface area contributed by atoms with Crippen molar-refractivity contribution >= 4 is 5.69 Å². The molecule has 1 heteroatoms. The molecule has 0 radical (unpaired) electrons. The standard InChI is InChI=1S/C14H19N/c15-13-3-1-12(2-4-13)14-8-5-11(6-9-14)7-10-14/h1-4,11H,5-10,15H2. The summed E-state index contributed by atoms with van der Waals surface area (Å²) in [4.78, 5) is 0. The monoisotopic (exact) mass is 201 g/mol. The molecule has 3 aliphatic rings. The van der Waals surface area contributed by atoms with Crippen molar-refractivity contribution < 1.29 is 0 Å². The summed E-state index contributed by atoms with van der Waals surface area (Å²) in [6, 6.07) is 8.62. The van der Waals surface area contributed by atoms with Gasteiger partial charge in [0, 0.05) is 5.69 Å². The Bertz CT molecular complexity index is 330. The maximum Gasteiger partial charge on any atom is 0.0314 e. The van der Waals surface area contributed by atoms with Crippen molar-refractivity contribution in [1.29, 1.82) is 0 Å². The molecule has 4 rings (SSSR count). The van der Waals surface area contributed by atoms with Crippen LogP contribution in [0.2, 0.25) is 0 Å². The van der Waals surface area contributed by atoms with Crippen LogP contribution in [0.15, 0.2) is 24.3 Å². The van der Waals surface area contributed by atoms with Gasteiger partial charge in [0.25, 0.3) is 0 Å². The molecule has 3 saturated carbocycles. The average molecular weight is 201 g/mol. The van der Waals surface area contributed by atoms with Crippen molar-refractivity contribution in [3.8, 4) is 0 Å². The minimum absolute atomic E-state index is 0.516. The van der Waals surface area contributed by atoms with Gasteiger partial charge >= 0.3 is 0 Å². The third-order valence-electron chi connectivity index (χ3n) is 4.62. The summed E-state index contributed by atoms with van der Waals surface area (Å²) in [6.45, 7) is 0. The molecule has 2 bridgehead atoms. The molecular weight excluding hydrogens is 182 g/mol. The molecule has 0 aliphatic heterocycles. The molecule has 1 aromatic carbocycles. The van der Waals surface area contributed by atoms with Crippen LogP contribution in [0.5, 0.6) is 0 Å². The number of fused-ring (bicyclic) bond motifs is 3. The second-order valence-electron chi connectivity index (χ2n) is 5.38. The fraction of sp³-hybridized carbons (Fsp3) is 0.571. The lowest BCUT2D eigenvalue weighted by atomic mass is 9.58. The highest BCUT2D eigenvalue weighted by molar-refractivity contribution is 5.42. The summed E-state index contributed by atoms with van der Waals surface area (Å²) in [5, 5.41) is 0. The summed E-state index contributed by atoms with van der Waals surface area (Å²) in [6.07, 6.45) is 8.56. The minimum Gasteiger partial charge on any atom is -0.399 e. The number of rotatable bonds is 1. The average Bonchev–Trinajstić information content (AvgIpc) is 2.32. The first-order valence-electron chi connectivity index (χ1n) is 6.15. The first kappa shape index (κ1) is 9.26. The van der Waals surface area contributed by atoms with Crippen molar-refractivity contribution in [2.24, 2.45) is 5.92 Å². The lowest BCUT2D eigenvalue weighted by Gasteiger charge is -2.47. The second kappa shape index (κ2) is 3.26. The van der Waals surface area contributed by atoms with E-state index in [9.17, 15) is 0 Å². The van der Waals surface area contributed by atoms with Gasteiger partial charge in [0.1, 0.15) is 0 Å². The number of anilines is 1. The third kappa shape index (κ3) is 1.45. The number of nitrogen functional groups attached to an aromatic ring is 1. The lowest BCUT2D eigenvalue weighted by Crippen LogP contribution is -2.37. The van der Waals surface area contributed by atoms with Crippen molar-refractivity contribution in [2.45, 2.75) is 43.9 Å². The van der Waals surface area contributed by atoms with Gasteiger partial charge in [-0.3, -0.25) is 0 Å². The largest absolute Gasteiger partial charge is 0.399 e. The summed E-state index contributed by atoms with van der Waals surface area (Å²) in [7, 11) is 0. The van der Waals surface area contributed by atoms with E-state index in [1.54, 1.807) is 0 Å². The fourth-order valence-electron chi connectivity index (χ4n) is 3.52. The van der Waals surface area contributed by atoms with E-state index in [-0.39, 0.29) is 0 Å². The molecule has 1 aromatic rings. The quantitative estimate of drug-likeness (QED) is 0.691. The molecule has 80 valence electrons. The molecule has 0 spiro atoms. The van der Waals surface area contributed by atoms with Crippen LogP contribution in [0.25, 0.3) is 0 Å². The van der Waals surface area contributed by atoms with Gasteiger partial charge in [0.2, 0.25) is 0 Å². The van der Waals surface area contributed by atoms with Gasteiger partial charge in [-0.25, -0.2) is 0 Å². The first-order valence-corrected chi connectivity index (χ1v) is 6.15. The van der Waals surface area contributed by atoms with Crippen molar-refractivity contribution in [1.82, 2.24) is 0 Å². The van der Waals surface area contributed by atoms with Gasteiger partial charge in [0.05, 0.1) is 0 Å². The van der Waals surface area contributed by atoms with Crippen LogP contribution in [0.3, 0.4) is 0 Å². The van der Waals surface area contributed by atoms with Crippen LogP contribution in [0.4, 0.5) is 5.69 Å². The minimum atomic E-state index is 0.516. The normalized spacial score (nSPS) is 34.3. The highest BCUT2D eigenvalue weighted by atomic mass is 14.5. The Hall–Kier alpha value is -0.980. The maximum absolute atomic E-state index is 5.75. The van der Waals surface area contributed by atoms with Gasteiger partial charge in [-0.15, -0.1) is 0 Å². The molecular formula is C14H19N. The Morgan fingerprint density at radius 3 is 2.00 bits per heavy atom. The number of hydrogen-bond acceptors (Lipinski definition) is 1. The van der Waals surface area contributed by atoms with E-state index >= 15 is 0 Å². The molecule has 0 heterocycles. The van der Waals surface area contributed by atoms with Crippen LogP contribution < -0.4 is 5.73 Å². The molecule has 2 N–H and O–H groups in total. The fourth-order valence-corrected chi connectivity index (χ4v) is 3.52. The number of nitrogens with two attached hydrogens (primary N) is 1. The zero-order valence-corrected chi connectivity index (χ0v) is 9.21. The Labute approximate surface area is 91.7 Å². The molecule has 0 aromatic heterocycles. The highest BCUT2D eigenvalue weighted by Crippen LogP contribution is 2.51. The van der Waals surface area contributed by atoms with E-state index in [4.69, 9.17) is 5.73 Å². The van der Waals surface area contributed by atoms with Crippen LogP contribution in [-0.4, -0.2) is 0 Å². The molecule has 0 atom stereocenters. The third-order valence-corrected chi connectivity index (χ3v) is 4.62. The van der Waals surface area contributed by atoms with E-state index in [2.05, 4.69) is 24.3 Å². The van der Waals surface area contributed by atoms with Gasteiger partial charge in [-0.2, -0.15) is 0 Å². The summed E-state index contributed by atoms with van der Waals surface area (Å²) in [5.41, 5.74) is 8.69. The zero-order chi connectivity index (χ0) is 10.3. The lowest BCUT2D eigenvalue weighted by molar-refractivity contribution is 0.136. The molecule has 3 fully saturated rings. The van der Waals surface area contributed by atoms with Gasteiger partial charge in [-0.05, 0) is 67.6 Å². The van der Waals surface area contributed by atoms with Crippen LogP contribution in [0, 0.1) is 5.92 Å². The Morgan fingerprint density at radius 1 is 0.933 bits per heavy atom. The topological polar surface area (TPSA) is 26.0 Å². The number of hydrogen-bond donors (Lipinski definition) is 1. The van der Waals surface area contributed by atoms with Crippen LogP contribution >= 0.6 is 0 Å². The summed E-state index contributed by atoms with van der Waals surface area (Å²) < 4.78 is 0. The van der Waals surface area contributed by atoms with Gasteiger partial charge < -0.3 is 5.73 Å². The first-order chi connectivity index (χ1) is 7.28. The summed E-state index contributed by atoms with van der Waals surface area (Å²) in [5.74, 6) is 1.04. The van der Waals surface area contributed by atoms with Crippen molar-refractivity contribution in [3.63, 3.8) is 0 Å². The molecule has 15 heavy (non-hydrogen) atoms. The van der Waals surface area contributed by atoms with E-state index in [0.717, 1.165) is 11.6 Å². The highest BCUT2D eigenvalue weighted by Gasteiger charge is 2.41. The van der Waals surface area contributed by atoms with E-state index in [1.807, 2.05) is 0 Å². The van der Waals surface area contributed by atoms with Crippen LogP contribution in [-0.2, 0) is 5.41 Å². The van der Waals surface area contributed by atoms with E-state index in [1.165, 1.54) is 44.1 Å². The smallest absolute Gasteiger partial charge is 0.0314 e. The van der Waals surface area contributed by atoms with Gasteiger partial charge in [-0.1, -0.05) is 12.1 Å². The van der Waals surface area contributed by atoms with E-state index < -0.39 is 0 Å². The van der Waals surface area contributed by atoms with Gasteiger partial charge in [0.15, 0.2) is 0 Å². The van der Waals surface area contributed by atoms with E-state index in [0.29, 0.717) is 5.41 Å². The van der Waals surface area contributed by atoms with Crippen molar-refractivity contribution in [3.05, 3.63) is 29.8 Å². The predicted molar refractivity (Wildman–Crippen MR) is 63.7 cm³/mol. The maximum atomic E-state index is 5.75. The molecule has 0 unspecified atom stereocenters. The Morgan fingerprint density at radius 2 is 1.47 bits per heavy atom. The molecule has 0 saturated heterocycles. The molecule has 1 nitrogen and oxygen atoms in total. The SMILES string of the molecule is Nc1ccc(C23CCC(CC2)CC3)cc1.